The number of carbonyl (C=O) groups excluding carboxylic acids is 1. The zero-order valence-electron chi connectivity index (χ0n) is 20.3. The molecule has 1 spiro atoms. The lowest BCUT2D eigenvalue weighted by Crippen LogP contribution is -2.27. The van der Waals surface area contributed by atoms with Crippen molar-refractivity contribution in [1.29, 1.82) is 0 Å². The number of aromatic amines is 1. The van der Waals surface area contributed by atoms with Gasteiger partial charge in [0.05, 0.1) is 5.56 Å². The monoisotopic (exact) mass is 458 g/mol. The Morgan fingerprint density at radius 3 is 2.65 bits per heavy atom. The molecule has 1 N–H and O–H groups in total. The van der Waals surface area contributed by atoms with Crippen molar-refractivity contribution in [1.82, 2.24) is 15.0 Å². The van der Waals surface area contributed by atoms with Crippen LogP contribution in [0.15, 0.2) is 48.3 Å². The van der Waals surface area contributed by atoms with Crippen LogP contribution in [0.5, 0.6) is 0 Å². The number of ketones is 1. The van der Waals surface area contributed by atoms with E-state index in [9.17, 15) is 4.79 Å². The van der Waals surface area contributed by atoms with Crippen molar-refractivity contribution in [2.45, 2.75) is 89.9 Å². The van der Waals surface area contributed by atoms with Crippen molar-refractivity contribution in [2.24, 2.45) is 22.2 Å². The Morgan fingerprint density at radius 1 is 1.03 bits per heavy atom. The average molecular weight is 459 g/mol. The summed E-state index contributed by atoms with van der Waals surface area (Å²) in [6.45, 7) is 0. The number of hydrogen-bond donors (Lipinski definition) is 1. The summed E-state index contributed by atoms with van der Waals surface area (Å²) in [4.78, 5) is 29.6. The number of H-pyrrole nitrogens is 1. The molecule has 0 saturated heterocycles. The van der Waals surface area contributed by atoms with Crippen LogP contribution in [0.4, 0.5) is 0 Å². The maximum atomic E-state index is 13.4. The number of hydrogen-bond acceptors (Lipinski definition) is 4. The molecular formula is C29H38N4O. The fourth-order valence-corrected chi connectivity index (χ4v) is 6.33. The van der Waals surface area contributed by atoms with E-state index in [1.54, 1.807) is 18.0 Å². The summed E-state index contributed by atoms with van der Waals surface area (Å²) in [5.74, 6) is 1.07. The van der Waals surface area contributed by atoms with E-state index in [0.29, 0.717) is 16.9 Å². The minimum atomic E-state index is 0.114. The molecule has 2 aromatic heterocycles. The van der Waals surface area contributed by atoms with Gasteiger partial charge in [-0.3, -0.25) is 4.79 Å². The lowest BCUT2D eigenvalue weighted by Gasteiger charge is -2.28. The molecule has 3 aliphatic rings. The highest BCUT2D eigenvalue weighted by Gasteiger charge is 2.46. The summed E-state index contributed by atoms with van der Waals surface area (Å²) in [5.41, 5.74) is 3.61. The first kappa shape index (κ1) is 23.2. The Hall–Kier alpha value is -2.56. The lowest BCUT2D eigenvalue weighted by molar-refractivity contribution is 0.0875. The summed E-state index contributed by atoms with van der Waals surface area (Å²) < 4.78 is 0. The molecule has 2 saturated carbocycles. The van der Waals surface area contributed by atoms with E-state index in [0.717, 1.165) is 37.6 Å². The van der Waals surface area contributed by atoms with E-state index in [2.05, 4.69) is 32.1 Å². The van der Waals surface area contributed by atoms with Crippen molar-refractivity contribution in [3.05, 3.63) is 59.5 Å². The molecule has 3 heterocycles. The number of carbonyl (C=O) groups is 1. The van der Waals surface area contributed by atoms with Crippen LogP contribution in [0.3, 0.4) is 0 Å². The van der Waals surface area contributed by atoms with Crippen LogP contribution >= 0.6 is 0 Å². The predicted octanol–water partition coefficient (Wildman–Crippen LogP) is 5.69. The normalized spacial score (nSPS) is 25.2. The largest absolute Gasteiger partial charge is 0.346 e. The Balaban J connectivity index is 1.37. The Labute approximate surface area is 202 Å². The van der Waals surface area contributed by atoms with Crippen LogP contribution in [0.2, 0.25) is 0 Å². The maximum Gasteiger partial charge on any atom is 0.169 e. The molecule has 0 bridgehead atoms. The molecule has 1 aliphatic heterocycles. The van der Waals surface area contributed by atoms with Crippen LogP contribution in [0.25, 0.3) is 5.57 Å². The molecule has 5 nitrogen and oxygen atoms in total. The van der Waals surface area contributed by atoms with Crippen molar-refractivity contribution in [3.63, 3.8) is 0 Å². The second-order valence-electron chi connectivity index (χ2n) is 10.9. The Bertz CT molecular complexity index is 1110. The quantitative estimate of drug-likeness (QED) is 0.598. The zero-order valence-corrected chi connectivity index (χ0v) is 20.3. The summed E-state index contributed by atoms with van der Waals surface area (Å²) in [6.07, 6.45) is 28.0. The number of rotatable bonds is 4. The van der Waals surface area contributed by atoms with E-state index in [1.807, 2.05) is 12.4 Å². The maximum absolute atomic E-state index is 13.4. The molecule has 2 aromatic rings. The van der Waals surface area contributed by atoms with Gasteiger partial charge < -0.3 is 4.98 Å². The average Bonchev–Trinajstić information content (AvgIpc) is 3.44. The molecule has 2 fully saturated rings. The molecule has 34 heavy (non-hydrogen) atoms. The highest BCUT2D eigenvalue weighted by molar-refractivity contribution is 5.97. The summed E-state index contributed by atoms with van der Waals surface area (Å²) in [7, 11) is 0. The molecule has 0 radical (unpaired) electrons. The predicted molar refractivity (Wildman–Crippen MR) is 135 cm³/mol. The first-order valence-corrected chi connectivity index (χ1v) is 13.4. The second-order valence-corrected chi connectivity index (χ2v) is 10.9. The third-order valence-electron chi connectivity index (χ3n) is 8.30. The van der Waals surface area contributed by atoms with E-state index >= 15 is 0 Å². The molecular weight excluding hydrogens is 420 g/mol. The number of nitrogens with one attached hydrogen (secondary N) is 1. The van der Waals surface area contributed by atoms with Crippen LogP contribution in [-0.4, -0.2) is 20.7 Å². The van der Waals surface area contributed by atoms with Crippen LogP contribution in [-0.2, 0) is 0 Å². The summed E-state index contributed by atoms with van der Waals surface area (Å²) in [6, 6.07) is 2.21. The third kappa shape index (κ3) is 5.73. The highest BCUT2D eigenvalue weighted by atomic mass is 16.1. The molecule has 2 aliphatic carbocycles. The van der Waals surface area contributed by atoms with Gasteiger partial charge in [0.1, 0.15) is 11.8 Å². The molecule has 5 rings (SSSR count). The Morgan fingerprint density at radius 2 is 1.82 bits per heavy atom. The second kappa shape index (κ2) is 10.8. The number of allylic oxidation sites excluding steroid dienone is 1. The van der Waals surface area contributed by atoms with Gasteiger partial charge in [0.2, 0.25) is 0 Å². The third-order valence-corrected chi connectivity index (χ3v) is 8.30. The van der Waals surface area contributed by atoms with Gasteiger partial charge >= 0.3 is 0 Å². The molecule has 5 heteroatoms. The first-order chi connectivity index (χ1) is 16.7. The number of nitrogens with zero attached hydrogens (tertiary/aromatic N) is 3. The van der Waals surface area contributed by atoms with Gasteiger partial charge in [-0.2, -0.15) is 0 Å². The van der Waals surface area contributed by atoms with Gasteiger partial charge in [-0.25, -0.2) is 15.0 Å². The van der Waals surface area contributed by atoms with E-state index in [4.69, 9.17) is 0 Å². The molecule has 2 unspecified atom stereocenters. The summed E-state index contributed by atoms with van der Waals surface area (Å²) >= 11 is 0. The first-order valence-electron chi connectivity index (χ1n) is 13.4. The van der Waals surface area contributed by atoms with Crippen molar-refractivity contribution in [3.8, 4) is 0 Å². The van der Waals surface area contributed by atoms with Crippen LogP contribution < -0.4 is 10.7 Å². The minimum Gasteiger partial charge on any atom is -0.346 e. The van der Waals surface area contributed by atoms with Crippen LogP contribution in [0, 0.1) is 17.3 Å². The minimum absolute atomic E-state index is 0.114. The number of fused-ring (bicyclic) bond motifs is 1. The van der Waals surface area contributed by atoms with Gasteiger partial charge in [0.15, 0.2) is 5.78 Å². The lowest BCUT2D eigenvalue weighted by atomic mass is 9.76. The molecule has 180 valence electrons. The van der Waals surface area contributed by atoms with Gasteiger partial charge in [-0.15, -0.1) is 0 Å². The smallest absolute Gasteiger partial charge is 0.169 e. The highest BCUT2D eigenvalue weighted by Crippen LogP contribution is 2.57. The van der Waals surface area contributed by atoms with Crippen LogP contribution in [0.1, 0.15) is 100 Å². The molecule has 0 aromatic carbocycles. The topological polar surface area (TPSA) is 71.0 Å². The van der Waals surface area contributed by atoms with Crippen molar-refractivity contribution < 1.29 is 4.79 Å². The van der Waals surface area contributed by atoms with Crippen molar-refractivity contribution in [2.75, 3.05) is 0 Å². The van der Waals surface area contributed by atoms with E-state index in [1.165, 1.54) is 69.3 Å². The van der Waals surface area contributed by atoms with Gasteiger partial charge in [-0.05, 0) is 68.8 Å². The van der Waals surface area contributed by atoms with Gasteiger partial charge in [0.25, 0.3) is 0 Å². The van der Waals surface area contributed by atoms with Gasteiger partial charge in [-0.1, -0.05) is 50.2 Å². The SMILES string of the molecule is O=C(c1cncnc1)C1CCCCCCCC(CC2=c3cc[nH]c3=NC=CCC2)CC2(CC2)C1. The standard InChI is InChI=1S/C29H38N4O/c34-27(25-19-30-21-31-20-25)24-10-5-3-1-2-4-8-22(17-29(18-24)12-13-29)16-23-9-6-7-14-32-28-26(23)11-15-33-28/h7,11,14-15,19-22,24H,1-6,8-10,12-13,16-18H2,(H,32,33). The Kier molecular flexibility index (Phi) is 7.36. The number of aromatic nitrogens is 3. The molecule has 2 atom stereocenters. The zero-order chi connectivity index (χ0) is 23.2. The van der Waals surface area contributed by atoms with Crippen molar-refractivity contribution >= 4 is 11.4 Å². The fraction of sp³-hybridized carbons (Fsp3) is 0.586. The van der Waals surface area contributed by atoms with E-state index in [-0.39, 0.29) is 11.7 Å². The van der Waals surface area contributed by atoms with E-state index < -0.39 is 0 Å². The fourth-order valence-electron chi connectivity index (χ4n) is 6.33. The summed E-state index contributed by atoms with van der Waals surface area (Å²) in [5, 5.41) is 1.32. The molecule has 0 amide bonds. The number of Topliss-reactive ketones (excluding diaryl/α,β-unsaturated/α-hetero) is 1. The van der Waals surface area contributed by atoms with Gasteiger partial charge in [0, 0.05) is 35.9 Å².